The number of sulfonamides is 2. The number of ketones is 2. The van der Waals surface area contributed by atoms with Crippen molar-refractivity contribution in [1.82, 2.24) is 29.9 Å². The molecule has 18 unspecified atom stereocenters. The maximum absolute atomic E-state index is 15.8. The number of aryl methyl sites for hydroxylation is 2. The maximum atomic E-state index is 15.8. The number of phenols is 2. The lowest BCUT2D eigenvalue weighted by atomic mass is 9.72. The van der Waals surface area contributed by atoms with E-state index >= 15 is 24.0 Å². The van der Waals surface area contributed by atoms with Gasteiger partial charge in [0.25, 0.3) is 0 Å². The third-order valence-electron chi connectivity index (χ3n) is 24.3. The van der Waals surface area contributed by atoms with E-state index in [2.05, 4.69) is 20.1 Å². The topological polar surface area (TPSA) is 555 Å². The summed E-state index contributed by atoms with van der Waals surface area (Å²) in [6.45, 7) is 12.0. The molecule has 9 N–H and O–H groups in total. The first-order valence-corrected chi connectivity index (χ1v) is 45.9. The number of hydrogen-bond donors (Lipinski definition) is 9. The molecule has 39 nitrogen and oxygen atoms in total. The van der Waals surface area contributed by atoms with Crippen LogP contribution in [0.2, 0.25) is 0 Å². The fourth-order valence-corrected chi connectivity index (χ4v) is 19.9. The molecule has 7 rings (SSSR count). The van der Waals surface area contributed by atoms with Crippen molar-refractivity contribution in [2.24, 2.45) is 82.9 Å². The molecule has 0 saturated carbocycles. The summed E-state index contributed by atoms with van der Waals surface area (Å²) in [5, 5.41) is 61.3. The largest absolute Gasteiger partial charge is 0.507 e. The summed E-state index contributed by atoms with van der Waals surface area (Å²) in [4.78, 5) is 203. The number of phenolic OH excluding ortho intramolecular Hbond substituents is 2. The Kier molecular flexibility index (Phi) is 39.4. The van der Waals surface area contributed by atoms with Crippen LogP contribution in [0.5, 0.6) is 23.0 Å². The molecular formula is C90H122N6O33S2. The SMILES string of the molecule is CCOC(=O)C(C(CC(C(=O)O)C(C(=O)NCC(C)C)C(CC1C(=O)N(CC(C)C)C(=O)C1C(CC1C(=O)N(CCCNS(=O)(=O)c2cc(C(=O)c3ccc(C)cc3)c(O)cc2OC)C(=O)C1C(CC(C(=O)O)C(C(=O)NCCCNS(=O)(=O)c1cc(C(=O)c2ccc(C)cc2)c(O)cc1OC)C(CC)OC)OC)OC)OC)OC)C(CC(OC)C1C(=O)OC(=O)C1C)C(=O)O. The summed E-state index contributed by atoms with van der Waals surface area (Å²) in [5.74, 6) is -39.5. The molecule has 0 radical (unpaired) electrons. The number of likely N-dealkylation sites (tertiary alicyclic amines) is 2. The molecule has 3 heterocycles. The quantitative estimate of drug-likeness (QED) is 0.00892. The van der Waals surface area contributed by atoms with Gasteiger partial charge in [0.1, 0.15) is 32.8 Å². The monoisotopic (exact) mass is 1880 g/mol. The van der Waals surface area contributed by atoms with E-state index in [-0.39, 0.29) is 73.9 Å². The van der Waals surface area contributed by atoms with Crippen LogP contribution in [-0.4, -0.2) is 274 Å². The number of aromatic hydroxyl groups is 2. The molecule has 3 aliphatic rings. The third-order valence-corrected chi connectivity index (χ3v) is 27.2. The lowest BCUT2D eigenvalue weighted by Crippen LogP contribution is -2.50. The molecule has 18 atom stereocenters. The lowest BCUT2D eigenvalue weighted by molar-refractivity contribution is -0.169. The highest BCUT2D eigenvalue weighted by Gasteiger charge is 2.59. The number of rotatable bonds is 55. The molecule has 131 heavy (non-hydrogen) atoms. The molecule has 722 valence electrons. The van der Waals surface area contributed by atoms with Crippen molar-refractivity contribution in [2.75, 3.05) is 103 Å². The normalized spacial score (nSPS) is 20.0. The first-order chi connectivity index (χ1) is 61.8. The number of carboxylic acids is 3. The summed E-state index contributed by atoms with van der Waals surface area (Å²) >= 11 is 0. The Morgan fingerprint density at radius 3 is 1.34 bits per heavy atom. The van der Waals surface area contributed by atoms with Crippen molar-refractivity contribution in [3.63, 3.8) is 0 Å². The minimum absolute atomic E-state index is 0.0335. The zero-order valence-electron chi connectivity index (χ0n) is 76.5. The van der Waals surface area contributed by atoms with Crippen molar-refractivity contribution >= 4 is 103 Å². The molecule has 0 aromatic heterocycles. The van der Waals surface area contributed by atoms with Crippen LogP contribution < -0.4 is 29.6 Å². The van der Waals surface area contributed by atoms with E-state index in [1.165, 1.54) is 45.2 Å². The Morgan fingerprint density at radius 2 is 0.908 bits per heavy atom. The van der Waals surface area contributed by atoms with Gasteiger partial charge in [-0.25, -0.2) is 26.3 Å². The lowest BCUT2D eigenvalue weighted by Gasteiger charge is -2.36. The van der Waals surface area contributed by atoms with E-state index < -0.39 is 301 Å². The first-order valence-electron chi connectivity index (χ1n) is 42.9. The second-order valence-corrected chi connectivity index (χ2v) is 37.1. The molecule has 4 aromatic carbocycles. The second kappa shape index (κ2) is 48.1. The standard InChI is InChI=1S/C90H122N6O33S2/c1-18-61(120-10)72(79(101)91-30-20-31-93-130(116,117)69-39-52(59(97)41-62(69)121-11)77(99)50-26-22-47(7)23-27-50)56(85(107)108)36-67(126-16)74-54(81(103)95(83(74)105)33-21-32-94-131(118,119)70-40-53(60(98)42-63(70)122-12)78(100)51-28-24-48(8)25-29-51)35-66(125-15)75-55(82(104)96(84(75)106)44-46(5)6)34-65(124-14)73(80(102)92-43-45(3)4)57(86(109)110)37-68(127-17)76(89(114)128-19-2)58(87(111)112)38-64(123-13)71-49(9)88(113)129-90(71)115/h22-29,39-42,45-46,49,54-58,61,64-68,71-76,93-94,97-98H,18-21,30-38,43-44H2,1-17H3,(H,91,101)(H,92,102)(H,107,108)(H,109,110)(H,111,112). The minimum Gasteiger partial charge on any atom is -0.507 e. The Morgan fingerprint density at radius 1 is 0.481 bits per heavy atom. The number of esters is 3. The smallest absolute Gasteiger partial charge is 0.320 e. The van der Waals surface area contributed by atoms with Gasteiger partial charge in [0.15, 0.2) is 11.6 Å². The van der Waals surface area contributed by atoms with Gasteiger partial charge in [-0.05, 0) is 96.1 Å². The van der Waals surface area contributed by atoms with Crippen molar-refractivity contribution in [3.8, 4) is 23.0 Å². The molecular weight excluding hydrogens is 1760 g/mol. The Bertz CT molecular complexity index is 5020. The number of carbonyl (C=O) groups is 14. The predicted molar refractivity (Wildman–Crippen MR) is 464 cm³/mol. The van der Waals surface area contributed by atoms with Crippen LogP contribution in [0, 0.1) is 96.7 Å². The van der Waals surface area contributed by atoms with Gasteiger partial charge in [0.2, 0.25) is 55.5 Å². The zero-order chi connectivity index (χ0) is 97.7. The van der Waals surface area contributed by atoms with Crippen molar-refractivity contribution in [3.05, 3.63) is 106 Å². The number of benzene rings is 4. The summed E-state index contributed by atoms with van der Waals surface area (Å²) in [6, 6.07) is 16.3. The van der Waals surface area contributed by atoms with Crippen molar-refractivity contribution in [1.29, 1.82) is 0 Å². The maximum Gasteiger partial charge on any atom is 0.320 e. The Hall–Kier alpha value is -10.8. The highest BCUT2D eigenvalue weighted by atomic mass is 32.2. The Balaban J connectivity index is 1.28. The molecule has 41 heteroatoms. The van der Waals surface area contributed by atoms with Crippen molar-refractivity contribution in [2.45, 2.75) is 160 Å². The average Bonchev–Trinajstić information content (AvgIpc) is 1.67. The van der Waals surface area contributed by atoms with E-state index in [4.69, 9.17) is 47.4 Å². The summed E-state index contributed by atoms with van der Waals surface area (Å²) in [7, 11) is -0.438. The van der Waals surface area contributed by atoms with Gasteiger partial charge in [-0.3, -0.25) is 76.9 Å². The van der Waals surface area contributed by atoms with Gasteiger partial charge >= 0.3 is 35.8 Å². The van der Waals surface area contributed by atoms with Crippen LogP contribution in [0.1, 0.15) is 143 Å². The van der Waals surface area contributed by atoms with Gasteiger partial charge in [-0.15, -0.1) is 0 Å². The Labute approximate surface area is 760 Å². The number of nitrogens with one attached hydrogen (secondary N) is 4. The number of hydrogen-bond acceptors (Lipinski definition) is 30. The fraction of sp³-hybridized carbons (Fsp3) is 0.578. The zero-order valence-corrected chi connectivity index (χ0v) is 78.1. The molecule has 4 aromatic rings. The third kappa shape index (κ3) is 25.8. The number of amides is 6. The van der Waals surface area contributed by atoms with Gasteiger partial charge in [0.05, 0.1) is 140 Å². The number of nitrogens with zero attached hydrogens (tertiary/aromatic N) is 2. The number of aliphatic carboxylic acids is 3. The first kappa shape index (κ1) is 107. The van der Waals surface area contributed by atoms with Crippen LogP contribution in [0.3, 0.4) is 0 Å². The molecule has 0 aliphatic carbocycles. The summed E-state index contributed by atoms with van der Waals surface area (Å²) < 4.78 is 118. The molecule has 3 fully saturated rings. The number of ether oxygens (including phenoxy) is 10. The van der Waals surface area contributed by atoms with E-state index in [1.54, 1.807) is 72.7 Å². The average molecular weight is 1880 g/mol. The van der Waals surface area contributed by atoms with E-state index in [0.717, 1.165) is 95.0 Å². The number of carboxylic acid groups (broad SMARTS) is 3. The van der Waals surface area contributed by atoms with Crippen LogP contribution in [-0.2, 0) is 115 Å². The molecule has 0 spiro atoms. The van der Waals surface area contributed by atoms with Gasteiger partial charge < -0.3 is 83.5 Å². The van der Waals surface area contributed by atoms with E-state index in [1.807, 2.05) is 0 Å². The van der Waals surface area contributed by atoms with Crippen LogP contribution >= 0.6 is 0 Å². The predicted octanol–water partition coefficient (Wildman–Crippen LogP) is 5.28. The fourth-order valence-electron chi connectivity index (χ4n) is 17.4. The van der Waals surface area contributed by atoms with Gasteiger partial charge in [-0.1, -0.05) is 101 Å². The molecule has 3 saturated heterocycles. The highest BCUT2D eigenvalue weighted by Crippen LogP contribution is 2.46. The van der Waals surface area contributed by atoms with Gasteiger partial charge in [-0.2, -0.15) is 0 Å². The number of carbonyl (C=O) groups excluding carboxylic acids is 11. The van der Waals surface area contributed by atoms with E-state index in [9.17, 15) is 85.5 Å². The summed E-state index contributed by atoms with van der Waals surface area (Å²) in [6.07, 6.45) is -14.1. The van der Waals surface area contributed by atoms with Crippen LogP contribution in [0.25, 0.3) is 0 Å². The van der Waals surface area contributed by atoms with E-state index in [0.29, 0.717) is 0 Å². The minimum atomic E-state index is -4.74. The number of imide groups is 2. The molecule has 6 amide bonds. The van der Waals surface area contributed by atoms with Crippen LogP contribution in [0.4, 0.5) is 0 Å². The van der Waals surface area contributed by atoms with Gasteiger partial charge in [0, 0.05) is 105 Å². The number of methoxy groups -OCH3 is 8. The number of cyclic esters (lactones) is 2. The van der Waals surface area contributed by atoms with Crippen molar-refractivity contribution < 1.29 is 157 Å². The highest BCUT2D eigenvalue weighted by molar-refractivity contribution is 7.90. The molecule has 3 aliphatic heterocycles. The second-order valence-electron chi connectivity index (χ2n) is 33.6. The van der Waals surface area contributed by atoms with Crippen LogP contribution in [0.15, 0.2) is 82.6 Å². The summed E-state index contributed by atoms with van der Waals surface area (Å²) in [5.41, 5.74) is 1.08. The molecule has 0 bridgehead atoms.